The Bertz CT molecular complexity index is 560. The Morgan fingerprint density at radius 2 is 0.885 bits per heavy atom. The van der Waals surface area contributed by atoms with Crippen LogP contribution in [0.2, 0.25) is 0 Å². The van der Waals surface area contributed by atoms with E-state index in [9.17, 15) is 0 Å². The van der Waals surface area contributed by atoms with Crippen LogP contribution in [0.15, 0.2) is 36.4 Å². The quantitative estimate of drug-likeness (QED) is 0.298. The molecule has 0 radical (unpaired) electrons. The highest BCUT2D eigenvalue weighted by atomic mass is 14.1. The molecule has 0 N–H and O–H groups in total. The molecule has 0 heterocycles. The molecule has 0 amide bonds. The van der Waals surface area contributed by atoms with Gasteiger partial charge in [-0.15, -0.1) is 0 Å². The number of rotatable bonds is 14. The third-order valence-corrected chi connectivity index (χ3v) is 5.61. The van der Waals surface area contributed by atoms with Gasteiger partial charge in [-0.05, 0) is 47.6 Å². The van der Waals surface area contributed by atoms with Crippen molar-refractivity contribution in [3.63, 3.8) is 0 Å². The lowest BCUT2D eigenvalue weighted by Crippen LogP contribution is -1.89. The highest BCUT2D eigenvalue weighted by Gasteiger charge is 2.01. The number of fused-ring (bicyclic) bond motifs is 1. The van der Waals surface area contributed by atoms with Gasteiger partial charge in [-0.1, -0.05) is 114 Å². The summed E-state index contributed by atoms with van der Waals surface area (Å²) in [5.74, 6) is 0. The molecule has 2 aromatic rings. The molecule has 0 saturated carbocycles. The van der Waals surface area contributed by atoms with E-state index in [1.165, 1.54) is 112 Å². The lowest BCUT2D eigenvalue weighted by molar-refractivity contribution is 0.607. The van der Waals surface area contributed by atoms with Crippen LogP contribution in [0.1, 0.15) is 102 Å². The number of hydrogen-bond acceptors (Lipinski definition) is 0. The molecule has 0 aliphatic rings. The highest BCUT2D eigenvalue weighted by Crippen LogP contribution is 2.21. The molecule has 0 bridgehead atoms. The van der Waals surface area contributed by atoms with Crippen LogP contribution in [0.4, 0.5) is 0 Å². The van der Waals surface area contributed by atoms with E-state index in [0.717, 1.165) is 0 Å². The van der Waals surface area contributed by atoms with E-state index in [-0.39, 0.29) is 0 Å². The van der Waals surface area contributed by atoms with Crippen LogP contribution in [-0.2, 0) is 12.8 Å². The lowest BCUT2D eigenvalue weighted by atomic mass is 9.98. The van der Waals surface area contributed by atoms with E-state index in [0.29, 0.717) is 0 Å². The van der Waals surface area contributed by atoms with Gasteiger partial charge in [0.2, 0.25) is 0 Å². The molecule has 0 atom stereocenters. The van der Waals surface area contributed by atoms with Crippen molar-refractivity contribution < 1.29 is 0 Å². The Morgan fingerprint density at radius 3 is 1.35 bits per heavy atom. The topological polar surface area (TPSA) is 0 Å². The summed E-state index contributed by atoms with van der Waals surface area (Å²) in [5.41, 5.74) is 3.04. The average molecular weight is 353 g/mol. The lowest BCUT2D eigenvalue weighted by Gasteiger charge is -2.07. The molecule has 0 nitrogen and oxygen atoms in total. The van der Waals surface area contributed by atoms with Crippen molar-refractivity contribution in [2.45, 2.75) is 104 Å². The summed E-state index contributed by atoms with van der Waals surface area (Å²) in [6, 6.07) is 14.2. The van der Waals surface area contributed by atoms with Crippen LogP contribution in [0.25, 0.3) is 10.8 Å². The fourth-order valence-electron chi connectivity index (χ4n) is 3.88. The minimum absolute atomic E-state index is 1.24. The summed E-state index contributed by atoms with van der Waals surface area (Å²) in [6.07, 6.45) is 19.0. The zero-order chi connectivity index (χ0) is 18.5. The zero-order valence-electron chi connectivity index (χ0n) is 17.4. The first-order valence-corrected chi connectivity index (χ1v) is 11.3. The fourth-order valence-corrected chi connectivity index (χ4v) is 3.88. The van der Waals surface area contributed by atoms with Gasteiger partial charge in [0, 0.05) is 0 Å². The van der Waals surface area contributed by atoms with Gasteiger partial charge in [0.25, 0.3) is 0 Å². The van der Waals surface area contributed by atoms with Gasteiger partial charge in [-0.25, -0.2) is 0 Å². The molecule has 0 fully saturated rings. The summed E-state index contributed by atoms with van der Waals surface area (Å²) >= 11 is 0. The number of aryl methyl sites for hydroxylation is 2. The Balaban J connectivity index is 1.79. The second-order valence-corrected chi connectivity index (χ2v) is 8.05. The normalized spacial score (nSPS) is 11.3. The van der Waals surface area contributed by atoms with Crippen LogP contribution in [-0.4, -0.2) is 0 Å². The maximum absolute atomic E-state index is 2.44. The standard InChI is InChI=1S/C26H40/c1-3-5-7-9-11-13-15-23-17-19-25-20-18-24(22-26(25)21-23)16-14-12-10-8-6-4-2/h17-22H,3-16H2,1-2H3. The van der Waals surface area contributed by atoms with Gasteiger partial charge < -0.3 is 0 Å². The summed E-state index contributed by atoms with van der Waals surface area (Å²) < 4.78 is 0. The predicted molar refractivity (Wildman–Crippen MR) is 118 cm³/mol. The SMILES string of the molecule is CCCCCCCCc1ccc2ccc(CCCCCCCC)cc2c1. The van der Waals surface area contributed by atoms with E-state index >= 15 is 0 Å². The van der Waals surface area contributed by atoms with E-state index in [4.69, 9.17) is 0 Å². The van der Waals surface area contributed by atoms with Crippen molar-refractivity contribution in [3.8, 4) is 0 Å². The van der Waals surface area contributed by atoms with E-state index in [2.05, 4.69) is 50.2 Å². The minimum atomic E-state index is 1.24. The van der Waals surface area contributed by atoms with Crippen molar-refractivity contribution in [2.24, 2.45) is 0 Å². The molecule has 2 aromatic carbocycles. The van der Waals surface area contributed by atoms with Crippen LogP contribution in [0, 0.1) is 0 Å². The van der Waals surface area contributed by atoms with Crippen molar-refractivity contribution in [2.75, 3.05) is 0 Å². The summed E-state index contributed by atoms with van der Waals surface area (Å²) in [6.45, 7) is 4.58. The molecular formula is C26H40. The van der Waals surface area contributed by atoms with Gasteiger partial charge in [0.1, 0.15) is 0 Å². The van der Waals surface area contributed by atoms with Crippen LogP contribution >= 0.6 is 0 Å². The van der Waals surface area contributed by atoms with Gasteiger partial charge in [-0.3, -0.25) is 0 Å². The van der Waals surface area contributed by atoms with Crippen molar-refractivity contribution in [1.82, 2.24) is 0 Å². The van der Waals surface area contributed by atoms with Crippen molar-refractivity contribution >= 4 is 10.8 Å². The largest absolute Gasteiger partial charge is 0.0654 e. The second-order valence-electron chi connectivity index (χ2n) is 8.05. The molecule has 144 valence electrons. The maximum atomic E-state index is 2.44. The summed E-state index contributed by atoms with van der Waals surface area (Å²) in [5, 5.41) is 2.83. The molecule has 0 heteroatoms. The minimum Gasteiger partial charge on any atom is -0.0654 e. The molecule has 0 aromatic heterocycles. The Labute approximate surface area is 162 Å². The van der Waals surface area contributed by atoms with Crippen LogP contribution < -0.4 is 0 Å². The Kier molecular flexibility index (Phi) is 10.5. The molecule has 0 saturated heterocycles. The molecule has 0 spiro atoms. The maximum Gasteiger partial charge on any atom is -0.0179 e. The van der Waals surface area contributed by atoms with Crippen molar-refractivity contribution in [1.29, 1.82) is 0 Å². The Morgan fingerprint density at radius 1 is 0.462 bits per heavy atom. The van der Waals surface area contributed by atoms with E-state index < -0.39 is 0 Å². The smallest absolute Gasteiger partial charge is 0.0179 e. The third kappa shape index (κ3) is 7.94. The first-order valence-electron chi connectivity index (χ1n) is 11.3. The molecule has 2 rings (SSSR count). The van der Waals surface area contributed by atoms with Crippen molar-refractivity contribution in [3.05, 3.63) is 47.5 Å². The third-order valence-electron chi connectivity index (χ3n) is 5.61. The zero-order valence-corrected chi connectivity index (χ0v) is 17.4. The highest BCUT2D eigenvalue weighted by molar-refractivity contribution is 5.83. The van der Waals surface area contributed by atoms with Gasteiger partial charge >= 0.3 is 0 Å². The summed E-state index contributed by atoms with van der Waals surface area (Å²) in [7, 11) is 0. The predicted octanol–water partition coefficient (Wildman–Crippen LogP) is 8.65. The monoisotopic (exact) mass is 352 g/mol. The van der Waals surface area contributed by atoms with E-state index in [1.54, 1.807) is 0 Å². The average Bonchev–Trinajstić information content (AvgIpc) is 2.67. The molecule has 26 heavy (non-hydrogen) atoms. The number of hydrogen-bond donors (Lipinski definition) is 0. The molecule has 0 unspecified atom stereocenters. The number of benzene rings is 2. The van der Waals surface area contributed by atoms with Gasteiger partial charge in [0.05, 0.1) is 0 Å². The Hall–Kier alpha value is -1.30. The molecule has 0 aliphatic carbocycles. The molecule has 0 aliphatic heterocycles. The first-order chi connectivity index (χ1) is 12.8. The fraction of sp³-hybridized carbons (Fsp3) is 0.615. The van der Waals surface area contributed by atoms with Crippen LogP contribution in [0.3, 0.4) is 0 Å². The van der Waals surface area contributed by atoms with Gasteiger partial charge in [0.15, 0.2) is 0 Å². The van der Waals surface area contributed by atoms with Crippen LogP contribution in [0.5, 0.6) is 0 Å². The molecular weight excluding hydrogens is 312 g/mol. The summed E-state index contributed by atoms with van der Waals surface area (Å²) in [4.78, 5) is 0. The van der Waals surface area contributed by atoms with Gasteiger partial charge in [-0.2, -0.15) is 0 Å². The number of unbranched alkanes of at least 4 members (excludes halogenated alkanes) is 10. The second kappa shape index (κ2) is 13.0. The first kappa shape index (κ1) is 21.0. The van der Waals surface area contributed by atoms with E-state index in [1.807, 2.05) is 0 Å².